The van der Waals surface area contributed by atoms with Gasteiger partial charge in [0.25, 0.3) is 0 Å². The van der Waals surface area contributed by atoms with Gasteiger partial charge in [-0.25, -0.2) is 0 Å². The second-order valence-electron chi connectivity index (χ2n) is 5.71. The molecule has 0 rings (SSSR count). The number of hydrogen-bond acceptors (Lipinski definition) is 3. The van der Waals surface area contributed by atoms with Crippen LogP contribution in [-0.2, 0) is 9.59 Å². The fourth-order valence-corrected chi connectivity index (χ4v) is 1.89. The maximum Gasteiger partial charge on any atom is 0.237 e. The number of ketones is 1. The van der Waals surface area contributed by atoms with Crippen molar-refractivity contribution in [2.24, 2.45) is 17.6 Å². The van der Waals surface area contributed by atoms with Crippen molar-refractivity contribution in [1.82, 2.24) is 5.32 Å². The van der Waals surface area contributed by atoms with E-state index in [-0.39, 0.29) is 23.5 Å². The van der Waals surface area contributed by atoms with E-state index in [1.807, 2.05) is 27.7 Å². The summed E-state index contributed by atoms with van der Waals surface area (Å²) in [5.41, 5.74) is 5.90. The summed E-state index contributed by atoms with van der Waals surface area (Å²) in [6.45, 7) is 9.90. The Bertz CT molecular complexity index is 290. The summed E-state index contributed by atoms with van der Waals surface area (Å²) in [4.78, 5) is 24.1. The molecule has 0 aromatic rings. The minimum atomic E-state index is -0.537. The van der Waals surface area contributed by atoms with Crippen LogP contribution < -0.4 is 11.1 Å². The van der Waals surface area contributed by atoms with Crippen LogP contribution in [0.3, 0.4) is 0 Å². The summed E-state index contributed by atoms with van der Waals surface area (Å²) < 4.78 is 0. The van der Waals surface area contributed by atoms with E-state index >= 15 is 0 Å². The highest BCUT2D eigenvalue weighted by Crippen LogP contribution is 2.10. The molecule has 0 spiro atoms. The van der Waals surface area contributed by atoms with Gasteiger partial charge in [-0.15, -0.1) is 0 Å². The molecule has 0 aliphatic carbocycles. The summed E-state index contributed by atoms with van der Waals surface area (Å²) >= 11 is 0. The van der Waals surface area contributed by atoms with Gasteiger partial charge in [0.05, 0.1) is 12.1 Å². The van der Waals surface area contributed by atoms with Crippen molar-refractivity contribution in [2.45, 2.75) is 72.4 Å². The van der Waals surface area contributed by atoms with Crippen LogP contribution in [0.25, 0.3) is 0 Å². The van der Waals surface area contributed by atoms with E-state index < -0.39 is 12.1 Å². The number of Topliss-reactive ketones (excluding diaryl/α,β-unsaturated/α-hetero) is 1. The molecule has 0 aliphatic rings. The molecule has 1 amide bonds. The fraction of sp³-hybridized carbons (Fsp3) is 0.867. The Balaban J connectivity index is 4.58. The first-order chi connectivity index (χ1) is 8.84. The van der Waals surface area contributed by atoms with Gasteiger partial charge >= 0.3 is 0 Å². The monoisotopic (exact) mass is 270 g/mol. The minimum Gasteiger partial charge on any atom is -0.345 e. The normalized spacial score (nSPS) is 15.9. The Morgan fingerprint density at radius 3 is 2.16 bits per heavy atom. The van der Waals surface area contributed by atoms with Gasteiger partial charge in [0.2, 0.25) is 5.91 Å². The molecule has 112 valence electrons. The van der Waals surface area contributed by atoms with Crippen molar-refractivity contribution in [1.29, 1.82) is 0 Å². The molecule has 0 fully saturated rings. The third-order valence-corrected chi connectivity index (χ3v) is 3.65. The first kappa shape index (κ1) is 18.1. The Hall–Kier alpha value is -0.900. The largest absolute Gasteiger partial charge is 0.345 e. The van der Waals surface area contributed by atoms with Crippen LogP contribution in [0.5, 0.6) is 0 Å². The number of unbranched alkanes of at least 4 members (excludes halogenated alkanes) is 1. The summed E-state index contributed by atoms with van der Waals surface area (Å²) in [5.74, 6) is 0.121. The van der Waals surface area contributed by atoms with Gasteiger partial charge < -0.3 is 11.1 Å². The first-order valence-electron chi connectivity index (χ1n) is 7.43. The van der Waals surface area contributed by atoms with Crippen molar-refractivity contribution in [2.75, 3.05) is 0 Å². The number of carbonyl (C=O) groups is 2. The molecular weight excluding hydrogens is 240 g/mol. The van der Waals surface area contributed by atoms with Crippen LogP contribution in [0.1, 0.15) is 60.3 Å². The average molecular weight is 270 g/mol. The summed E-state index contributed by atoms with van der Waals surface area (Å²) in [6, 6.07) is -0.945. The third kappa shape index (κ3) is 6.19. The number of amides is 1. The van der Waals surface area contributed by atoms with Crippen LogP contribution in [-0.4, -0.2) is 23.8 Å². The zero-order valence-electron chi connectivity index (χ0n) is 13.0. The van der Waals surface area contributed by atoms with Crippen molar-refractivity contribution in [3.05, 3.63) is 0 Å². The molecule has 0 aromatic heterocycles. The van der Waals surface area contributed by atoms with Gasteiger partial charge in [0.1, 0.15) is 0 Å². The highest BCUT2D eigenvalue weighted by Gasteiger charge is 2.27. The molecule has 0 aromatic carbocycles. The lowest BCUT2D eigenvalue weighted by Crippen LogP contribution is -2.52. The lowest BCUT2D eigenvalue weighted by Gasteiger charge is -2.25. The molecule has 0 bridgehead atoms. The van der Waals surface area contributed by atoms with Gasteiger partial charge in [-0.3, -0.25) is 9.59 Å². The van der Waals surface area contributed by atoms with Crippen LogP contribution in [0.4, 0.5) is 0 Å². The Morgan fingerprint density at radius 2 is 1.74 bits per heavy atom. The zero-order chi connectivity index (χ0) is 15.0. The average Bonchev–Trinajstić information content (AvgIpc) is 2.39. The Labute approximate surface area is 117 Å². The molecule has 19 heavy (non-hydrogen) atoms. The van der Waals surface area contributed by atoms with Crippen molar-refractivity contribution >= 4 is 11.7 Å². The molecular formula is C15H30N2O2. The van der Waals surface area contributed by atoms with Gasteiger partial charge in [-0.05, 0) is 18.3 Å². The van der Waals surface area contributed by atoms with Crippen molar-refractivity contribution in [3.8, 4) is 0 Å². The van der Waals surface area contributed by atoms with E-state index in [1.54, 1.807) is 0 Å². The van der Waals surface area contributed by atoms with Gasteiger partial charge in [0, 0.05) is 6.42 Å². The second-order valence-corrected chi connectivity index (χ2v) is 5.71. The van der Waals surface area contributed by atoms with E-state index in [4.69, 9.17) is 5.73 Å². The molecule has 0 radical (unpaired) electrons. The molecule has 0 saturated heterocycles. The second kappa shape index (κ2) is 9.08. The quantitative estimate of drug-likeness (QED) is 0.675. The molecule has 3 N–H and O–H groups in total. The van der Waals surface area contributed by atoms with Gasteiger partial charge in [-0.1, -0.05) is 47.5 Å². The number of nitrogens with one attached hydrogen (secondary N) is 1. The minimum absolute atomic E-state index is 0.0949. The molecule has 4 nitrogen and oxygen atoms in total. The predicted molar refractivity (Wildman–Crippen MR) is 78.7 cm³/mol. The smallest absolute Gasteiger partial charge is 0.237 e. The van der Waals surface area contributed by atoms with Crippen LogP contribution >= 0.6 is 0 Å². The molecule has 4 heteroatoms. The summed E-state index contributed by atoms with van der Waals surface area (Å²) in [6.07, 6.45) is 3.23. The van der Waals surface area contributed by atoms with E-state index in [0.29, 0.717) is 6.42 Å². The standard InChI is InChI=1S/C15H30N2O2/c1-6-8-9-12(18)14(10(3)4)17-15(19)13(16)11(5)7-2/h10-11,13-14H,6-9,16H2,1-5H3,(H,17,19)/t11?,13-,14?/m0/s1. The van der Waals surface area contributed by atoms with Gasteiger partial charge in [0.15, 0.2) is 5.78 Å². The maximum atomic E-state index is 12.1. The van der Waals surface area contributed by atoms with Crippen molar-refractivity contribution in [3.63, 3.8) is 0 Å². The van der Waals surface area contributed by atoms with E-state index in [9.17, 15) is 9.59 Å². The summed E-state index contributed by atoms with van der Waals surface area (Å²) in [7, 11) is 0. The maximum absolute atomic E-state index is 12.1. The Kier molecular flexibility index (Phi) is 8.65. The van der Waals surface area contributed by atoms with Crippen LogP contribution in [0.2, 0.25) is 0 Å². The first-order valence-corrected chi connectivity index (χ1v) is 7.43. The summed E-state index contributed by atoms with van der Waals surface area (Å²) in [5, 5.41) is 2.83. The number of hydrogen-bond donors (Lipinski definition) is 2. The number of carbonyl (C=O) groups excluding carboxylic acids is 2. The Morgan fingerprint density at radius 1 is 1.16 bits per heavy atom. The lowest BCUT2D eigenvalue weighted by molar-refractivity contribution is -0.130. The molecule has 0 saturated carbocycles. The molecule has 2 unspecified atom stereocenters. The fourth-order valence-electron chi connectivity index (χ4n) is 1.89. The third-order valence-electron chi connectivity index (χ3n) is 3.65. The van der Waals surface area contributed by atoms with Crippen molar-refractivity contribution < 1.29 is 9.59 Å². The van der Waals surface area contributed by atoms with E-state index in [0.717, 1.165) is 19.3 Å². The lowest BCUT2D eigenvalue weighted by atomic mass is 9.94. The molecule has 0 aliphatic heterocycles. The SMILES string of the molecule is CCCCC(=O)C(NC(=O)[C@@H](N)C(C)CC)C(C)C. The topological polar surface area (TPSA) is 72.2 Å². The number of nitrogens with two attached hydrogens (primary N) is 1. The van der Waals surface area contributed by atoms with E-state index in [2.05, 4.69) is 12.2 Å². The van der Waals surface area contributed by atoms with Crippen LogP contribution in [0.15, 0.2) is 0 Å². The molecule has 3 atom stereocenters. The zero-order valence-corrected chi connectivity index (χ0v) is 13.0. The van der Waals surface area contributed by atoms with Gasteiger partial charge in [-0.2, -0.15) is 0 Å². The highest BCUT2D eigenvalue weighted by molar-refractivity contribution is 5.91. The van der Waals surface area contributed by atoms with Crippen LogP contribution in [0, 0.1) is 11.8 Å². The number of rotatable bonds is 9. The highest BCUT2D eigenvalue weighted by atomic mass is 16.2. The van der Waals surface area contributed by atoms with E-state index in [1.165, 1.54) is 0 Å². The predicted octanol–water partition coefficient (Wildman–Crippen LogP) is 2.26. The molecule has 0 heterocycles.